The van der Waals surface area contributed by atoms with Crippen LogP contribution in [0, 0.1) is 5.82 Å². The molecule has 6 heteroatoms. The van der Waals surface area contributed by atoms with E-state index in [0.29, 0.717) is 36.3 Å². The molecule has 1 amide bonds. The van der Waals surface area contributed by atoms with E-state index >= 15 is 0 Å². The number of ether oxygens (including phenoxy) is 1. The quantitative estimate of drug-likeness (QED) is 0.652. The number of amides is 1. The van der Waals surface area contributed by atoms with Gasteiger partial charge in [0.25, 0.3) is 0 Å². The zero-order valence-corrected chi connectivity index (χ0v) is 15.7. The van der Waals surface area contributed by atoms with Gasteiger partial charge in [-0.1, -0.05) is 30.3 Å². The zero-order chi connectivity index (χ0) is 19.3. The number of hydrogen-bond donors (Lipinski definition) is 2. The summed E-state index contributed by atoms with van der Waals surface area (Å²) < 4.78 is 19.3. The number of aromatic nitrogens is 2. The van der Waals surface area contributed by atoms with Crippen LogP contribution >= 0.6 is 0 Å². The van der Waals surface area contributed by atoms with Crippen LogP contribution < -0.4 is 5.32 Å². The number of carbonyl (C=O) groups excluding carboxylic acids is 1. The molecule has 0 saturated heterocycles. The second kappa shape index (κ2) is 8.52. The van der Waals surface area contributed by atoms with Gasteiger partial charge in [-0.25, -0.2) is 9.37 Å². The molecule has 1 saturated carbocycles. The molecule has 1 aliphatic carbocycles. The predicted octanol–water partition coefficient (Wildman–Crippen LogP) is 3.89. The first kappa shape index (κ1) is 18.6. The van der Waals surface area contributed by atoms with Gasteiger partial charge in [-0.3, -0.25) is 4.79 Å². The molecule has 0 unspecified atom stereocenters. The highest BCUT2D eigenvalue weighted by Gasteiger charge is 2.29. The largest absolute Gasteiger partial charge is 0.371 e. The van der Waals surface area contributed by atoms with E-state index < -0.39 is 0 Å². The Bertz CT molecular complexity index is 941. The fourth-order valence-corrected chi connectivity index (χ4v) is 3.73. The van der Waals surface area contributed by atoms with Gasteiger partial charge in [0.15, 0.2) is 0 Å². The molecule has 5 nitrogen and oxygen atoms in total. The standard InChI is InChI=1S/C22H24FN3O2/c23-16-9-10-17-19(13-16)25-21(24-17)11-12-22(27)26-18-7-4-8-20(18)28-14-15-5-2-1-3-6-15/h1-3,5-6,9-10,13,18,20H,4,7-8,11-12,14H2,(H,24,25)(H,26,27)/t18-,20-/m1/s1. The lowest BCUT2D eigenvalue weighted by Gasteiger charge is -2.21. The van der Waals surface area contributed by atoms with Gasteiger partial charge in [0, 0.05) is 12.8 Å². The fourth-order valence-electron chi connectivity index (χ4n) is 3.73. The smallest absolute Gasteiger partial charge is 0.220 e. The molecule has 0 spiro atoms. The molecule has 1 aliphatic rings. The van der Waals surface area contributed by atoms with Gasteiger partial charge in [-0.15, -0.1) is 0 Å². The lowest BCUT2D eigenvalue weighted by Crippen LogP contribution is -2.41. The van der Waals surface area contributed by atoms with E-state index in [4.69, 9.17) is 4.74 Å². The van der Waals surface area contributed by atoms with Crippen LogP contribution in [-0.4, -0.2) is 28.0 Å². The molecule has 1 heterocycles. The lowest BCUT2D eigenvalue weighted by molar-refractivity contribution is -0.122. The van der Waals surface area contributed by atoms with E-state index in [0.717, 1.165) is 24.8 Å². The lowest BCUT2D eigenvalue weighted by atomic mass is 10.2. The van der Waals surface area contributed by atoms with E-state index in [1.165, 1.54) is 12.1 Å². The highest BCUT2D eigenvalue weighted by atomic mass is 19.1. The van der Waals surface area contributed by atoms with Crippen LogP contribution in [-0.2, 0) is 22.6 Å². The van der Waals surface area contributed by atoms with Gasteiger partial charge in [0.2, 0.25) is 5.91 Å². The SMILES string of the molecule is O=C(CCc1nc2ccc(F)cc2[nH]1)N[C@@H]1CCC[C@H]1OCc1ccccc1. The number of halogens is 1. The Hall–Kier alpha value is -2.73. The maximum Gasteiger partial charge on any atom is 0.220 e. The average molecular weight is 381 g/mol. The number of nitrogens with zero attached hydrogens (tertiary/aromatic N) is 1. The number of nitrogens with one attached hydrogen (secondary N) is 2. The van der Waals surface area contributed by atoms with Gasteiger partial charge in [0.1, 0.15) is 11.6 Å². The molecule has 2 atom stereocenters. The van der Waals surface area contributed by atoms with Crippen molar-refractivity contribution in [3.63, 3.8) is 0 Å². The van der Waals surface area contributed by atoms with Crippen molar-refractivity contribution in [2.24, 2.45) is 0 Å². The van der Waals surface area contributed by atoms with E-state index in [2.05, 4.69) is 15.3 Å². The van der Waals surface area contributed by atoms with E-state index in [1.54, 1.807) is 6.07 Å². The summed E-state index contributed by atoms with van der Waals surface area (Å²) in [5.41, 5.74) is 2.50. The maximum atomic E-state index is 13.3. The molecule has 1 aromatic heterocycles. The Labute approximate surface area is 163 Å². The minimum absolute atomic E-state index is 0.00755. The number of H-pyrrole nitrogens is 1. The molecule has 146 valence electrons. The molecule has 1 fully saturated rings. The van der Waals surface area contributed by atoms with Crippen molar-refractivity contribution in [2.45, 2.75) is 50.9 Å². The number of fused-ring (bicyclic) bond motifs is 1. The van der Waals surface area contributed by atoms with E-state index in [1.807, 2.05) is 30.3 Å². The third-order valence-corrected chi connectivity index (χ3v) is 5.19. The summed E-state index contributed by atoms with van der Waals surface area (Å²) in [4.78, 5) is 19.9. The minimum atomic E-state index is -0.303. The third kappa shape index (κ3) is 4.57. The Morgan fingerprint density at radius 2 is 2.07 bits per heavy atom. The van der Waals surface area contributed by atoms with Crippen molar-refractivity contribution >= 4 is 16.9 Å². The van der Waals surface area contributed by atoms with Crippen LogP contribution in [0.1, 0.15) is 37.1 Å². The number of hydrogen-bond acceptors (Lipinski definition) is 3. The Morgan fingerprint density at radius 1 is 1.21 bits per heavy atom. The van der Waals surface area contributed by atoms with Crippen molar-refractivity contribution in [2.75, 3.05) is 0 Å². The summed E-state index contributed by atoms with van der Waals surface area (Å²) in [5, 5.41) is 3.11. The number of carbonyl (C=O) groups is 1. The molecule has 3 aromatic rings. The molecule has 28 heavy (non-hydrogen) atoms. The number of rotatable bonds is 7. The second-order valence-electron chi connectivity index (χ2n) is 7.28. The molecule has 2 N–H and O–H groups in total. The highest BCUT2D eigenvalue weighted by Crippen LogP contribution is 2.23. The van der Waals surface area contributed by atoms with Gasteiger partial charge < -0.3 is 15.0 Å². The first-order valence-electron chi connectivity index (χ1n) is 9.76. The first-order chi connectivity index (χ1) is 13.7. The van der Waals surface area contributed by atoms with Crippen LogP contribution in [0.2, 0.25) is 0 Å². The second-order valence-corrected chi connectivity index (χ2v) is 7.28. The van der Waals surface area contributed by atoms with Crippen molar-refractivity contribution in [3.05, 3.63) is 65.7 Å². The maximum absolute atomic E-state index is 13.3. The first-order valence-corrected chi connectivity index (χ1v) is 9.76. The third-order valence-electron chi connectivity index (χ3n) is 5.19. The molecule has 4 rings (SSSR count). The van der Waals surface area contributed by atoms with Crippen LogP contribution in [0.4, 0.5) is 4.39 Å². The van der Waals surface area contributed by atoms with Crippen LogP contribution in [0.15, 0.2) is 48.5 Å². The van der Waals surface area contributed by atoms with Gasteiger partial charge in [-0.2, -0.15) is 0 Å². The fraction of sp³-hybridized carbons (Fsp3) is 0.364. The van der Waals surface area contributed by atoms with Crippen molar-refractivity contribution < 1.29 is 13.9 Å². The number of aromatic amines is 1. The van der Waals surface area contributed by atoms with Crippen LogP contribution in [0.3, 0.4) is 0 Å². The van der Waals surface area contributed by atoms with Gasteiger partial charge in [0.05, 0.1) is 29.8 Å². The van der Waals surface area contributed by atoms with Crippen molar-refractivity contribution in [1.29, 1.82) is 0 Å². The highest BCUT2D eigenvalue weighted by molar-refractivity contribution is 5.77. The summed E-state index contributed by atoms with van der Waals surface area (Å²) in [7, 11) is 0. The van der Waals surface area contributed by atoms with Gasteiger partial charge >= 0.3 is 0 Å². The summed E-state index contributed by atoms with van der Waals surface area (Å²) >= 11 is 0. The summed E-state index contributed by atoms with van der Waals surface area (Å²) in [6.45, 7) is 0.563. The van der Waals surface area contributed by atoms with Crippen molar-refractivity contribution in [1.82, 2.24) is 15.3 Å². The monoisotopic (exact) mass is 381 g/mol. The molecule has 2 aromatic carbocycles. The van der Waals surface area contributed by atoms with Crippen LogP contribution in [0.5, 0.6) is 0 Å². The predicted molar refractivity (Wildman–Crippen MR) is 105 cm³/mol. The minimum Gasteiger partial charge on any atom is -0.371 e. The number of benzene rings is 2. The molecule has 0 bridgehead atoms. The normalized spacial score (nSPS) is 19.2. The van der Waals surface area contributed by atoms with Crippen molar-refractivity contribution in [3.8, 4) is 0 Å². The van der Waals surface area contributed by atoms with E-state index in [9.17, 15) is 9.18 Å². The van der Waals surface area contributed by atoms with Crippen LogP contribution in [0.25, 0.3) is 11.0 Å². The molecule has 0 aliphatic heterocycles. The molecule has 0 radical (unpaired) electrons. The number of aryl methyl sites for hydroxylation is 1. The topological polar surface area (TPSA) is 67.0 Å². The average Bonchev–Trinajstić information content (AvgIpc) is 3.31. The summed E-state index contributed by atoms with van der Waals surface area (Å²) in [6, 6.07) is 14.6. The Kier molecular flexibility index (Phi) is 5.67. The molecular weight excluding hydrogens is 357 g/mol. The molecular formula is C22H24FN3O2. The number of imidazole rings is 1. The summed E-state index contributed by atoms with van der Waals surface area (Å²) in [5.74, 6) is 0.383. The van der Waals surface area contributed by atoms with Gasteiger partial charge in [-0.05, 0) is 43.0 Å². The Morgan fingerprint density at radius 3 is 2.93 bits per heavy atom. The Balaban J connectivity index is 1.27. The zero-order valence-electron chi connectivity index (χ0n) is 15.7. The van der Waals surface area contributed by atoms with E-state index in [-0.39, 0.29) is 23.9 Å². The summed E-state index contributed by atoms with van der Waals surface area (Å²) in [6.07, 6.45) is 3.84.